The van der Waals surface area contributed by atoms with Gasteiger partial charge >= 0.3 is 0 Å². The van der Waals surface area contributed by atoms with Crippen LogP contribution in [0.25, 0.3) is 11.0 Å². The summed E-state index contributed by atoms with van der Waals surface area (Å²) in [6.45, 7) is 0. The van der Waals surface area contributed by atoms with Gasteiger partial charge in [-0.25, -0.2) is 15.0 Å². The molecular formula is C14H10BrClN4. The van der Waals surface area contributed by atoms with Crippen molar-refractivity contribution >= 4 is 44.5 Å². The van der Waals surface area contributed by atoms with Crippen molar-refractivity contribution in [1.82, 2.24) is 15.0 Å². The molecule has 3 aromatic rings. The van der Waals surface area contributed by atoms with Crippen molar-refractivity contribution < 1.29 is 0 Å². The van der Waals surface area contributed by atoms with E-state index >= 15 is 0 Å². The number of hydrogen-bond donors (Lipinski definition) is 1. The average molecular weight is 350 g/mol. The van der Waals surface area contributed by atoms with Gasteiger partial charge in [-0.15, -0.1) is 0 Å². The standard InChI is InChI=1S/C14H10BrClN4/c15-9-3-1-8(2-4-9)7-11-13-10(18-14(17)19-11)5-6-12(16)20-13/h1-6H,7H2,(H2,17,18,19). The van der Waals surface area contributed by atoms with E-state index in [1.54, 1.807) is 12.1 Å². The second-order valence-electron chi connectivity index (χ2n) is 4.33. The molecule has 0 bridgehead atoms. The fraction of sp³-hybridized carbons (Fsp3) is 0.0714. The first-order valence-corrected chi connectivity index (χ1v) is 7.12. The van der Waals surface area contributed by atoms with Gasteiger partial charge in [0, 0.05) is 10.9 Å². The Morgan fingerprint density at radius 3 is 2.50 bits per heavy atom. The molecule has 0 fully saturated rings. The van der Waals surface area contributed by atoms with Crippen molar-refractivity contribution in [2.45, 2.75) is 6.42 Å². The molecule has 2 heterocycles. The third-order valence-electron chi connectivity index (χ3n) is 2.88. The number of nitrogen functional groups attached to an aromatic ring is 1. The lowest BCUT2D eigenvalue weighted by Gasteiger charge is -2.06. The summed E-state index contributed by atoms with van der Waals surface area (Å²) >= 11 is 9.37. The van der Waals surface area contributed by atoms with E-state index in [1.165, 1.54) is 0 Å². The number of rotatable bonds is 2. The normalized spacial score (nSPS) is 10.9. The van der Waals surface area contributed by atoms with Gasteiger partial charge in [-0.1, -0.05) is 39.7 Å². The Morgan fingerprint density at radius 1 is 1.00 bits per heavy atom. The van der Waals surface area contributed by atoms with Gasteiger partial charge in [0.25, 0.3) is 0 Å². The monoisotopic (exact) mass is 348 g/mol. The maximum Gasteiger partial charge on any atom is 0.220 e. The summed E-state index contributed by atoms with van der Waals surface area (Å²) in [5, 5.41) is 0.419. The number of aromatic nitrogens is 3. The fourth-order valence-corrected chi connectivity index (χ4v) is 2.40. The topological polar surface area (TPSA) is 64.7 Å². The molecule has 4 nitrogen and oxygen atoms in total. The zero-order valence-corrected chi connectivity index (χ0v) is 12.7. The van der Waals surface area contributed by atoms with Crippen LogP contribution in [0, 0.1) is 0 Å². The molecule has 3 rings (SSSR count). The van der Waals surface area contributed by atoms with Crippen molar-refractivity contribution in [1.29, 1.82) is 0 Å². The van der Waals surface area contributed by atoms with Crippen LogP contribution in [0.15, 0.2) is 40.9 Å². The van der Waals surface area contributed by atoms with Crippen molar-refractivity contribution in [3.63, 3.8) is 0 Å². The number of halogens is 2. The Bertz CT molecular complexity index is 774. The lowest BCUT2D eigenvalue weighted by atomic mass is 10.1. The van der Waals surface area contributed by atoms with Crippen LogP contribution in [0.5, 0.6) is 0 Å². The van der Waals surface area contributed by atoms with Gasteiger partial charge in [0.2, 0.25) is 5.95 Å². The number of anilines is 1. The number of benzene rings is 1. The van der Waals surface area contributed by atoms with Crippen LogP contribution < -0.4 is 5.73 Å². The van der Waals surface area contributed by atoms with E-state index in [0.717, 1.165) is 15.7 Å². The van der Waals surface area contributed by atoms with E-state index < -0.39 is 0 Å². The third kappa shape index (κ3) is 2.73. The maximum absolute atomic E-state index is 5.95. The predicted molar refractivity (Wildman–Crippen MR) is 83.7 cm³/mol. The Balaban J connectivity index is 2.10. The van der Waals surface area contributed by atoms with E-state index in [9.17, 15) is 0 Å². The van der Waals surface area contributed by atoms with Crippen LogP contribution in [0.1, 0.15) is 11.3 Å². The predicted octanol–water partition coefficient (Wildman–Crippen LogP) is 3.61. The molecule has 20 heavy (non-hydrogen) atoms. The van der Waals surface area contributed by atoms with E-state index in [2.05, 4.69) is 30.9 Å². The molecule has 0 saturated carbocycles. The van der Waals surface area contributed by atoms with Crippen LogP contribution in [0.2, 0.25) is 5.15 Å². The Hall–Kier alpha value is -1.72. The maximum atomic E-state index is 5.95. The van der Waals surface area contributed by atoms with E-state index in [0.29, 0.717) is 22.6 Å². The van der Waals surface area contributed by atoms with Gasteiger partial charge in [-0.05, 0) is 29.8 Å². The van der Waals surface area contributed by atoms with Crippen molar-refractivity contribution in [2.75, 3.05) is 5.73 Å². The molecular weight excluding hydrogens is 340 g/mol. The van der Waals surface area contributed by atoms with Crippen LogP contribution >= 0.6 is 27.5 Å². The molecule has 0 radical (unpaired) electrons. The van der Waals surface area contributed by atoms with E-state index in [-0.39, 0.29) is 5.95 Å². The Morgan fingerprint density at radius 2 is 1.75 bits per heavy atom. The van der Waals surface area contributed by atoms with Gasteiger partial charge in [0.1, 0.15) is 10.7 Å². The first kappa shape index (κ1) is 13.3. The molecule has 0 aliphatic heterocycles. The number of hydrogen-bond acceptors (Lipinski definition) is 4. The molecule has 2 N–H and O–H groups in total. The summed E-state index contributed by atoms with van der Waals surface area (Å²) in [6.07, 6.45) is 0.629. The quantitative estimate of drug-likeness (QED) is 0.718. The van der Waals surface area contributed by atoms with Crippen molar-refractivity contribution in [3.05, 3.63) is 57.3 Å². The molecule has 100 valence electrons. The molecule has 0 aliphatic carbocycles. The third-order valence-corrected chi connectivity index (χ3v) is 3.62. The molecule has 0 spiro atoms. The molecule has 0 amide bonds. The van der Waals surface area contributed by atoms with E-state index in [1.807, 2.05) is 24.3 Å². The highest BCUT2D eigenvalue weighted by Gasteiger charge is 2.09. The highest BCUT2D eigenvalue weighted by Crippen LogP contribution is 2.21. The van der Waals surface area contributed by atoms with Crippen molar-refractivity contribution in [3.8, 4) is 0 Å². The summed E-state index contributed by atoms with van der Waals surface area (Å²) in [6, 6.07) is 11.5. The molecule has 0 saturated heterocycles. The van der Waals surface area contributed by atoms with Gasteiger partial charge in [-0.3, -0.25) is 0 Å². The highest BCUT2D eigenvalue weighted by atomic mass is 79.9. The fourth-order valence-electron chi connectivity index (χ4n) is 1.99. The first-order chi connectivity index (χ1) is 9.61. The van der Waals surface area contributed by atoms with Crippen LogP contribution in [-0.2, 0) is 6.42 Å². The lowest BCUT2D eigenvalue weighted by molar-refractivity contribution is 1.06. The summed E-state index contributed by atoms with van der Waals surface area (Å²) in [4.78, 5) is 12.8. The first-order valence-electron chi connectivity index (χ1n) is 5.95. The van der Waals surface area contributed by atoms with Gasteiger partial charge in [-0.2, -0.15) is 0 Å². The molecule has 0 aliphatic rings. The van der Waals surface area contributed by atoms with Gasteiger partial charge in [0.05, 0.1) is 11.2 Å². The van der Waals surface area contributed by atoms with E-state index in [4.69, 9.17) is 17.3 Å². The summed E-state index contributed by atoms with van der Waals surface area (Å²) in [7, 11) is 0. The summed E-state index contributed by atoms with van der Waals surface area (Å²) < 4.78 is 1.04. The molecule has 2 aromatic heterocycles. The summed E-state index contributed by atoms with van der Waals surface area (Å²) in [5.74, 6) is 0.244. The highest BCUT2D eigenvalue weighted by molar-refractivity contribution is 9.10. The number of nitrogens with zero attached hydrogens (tertiary/aromatic N) is 3. The largest absolute Gasteiger partial charge is 0.368 e. The number of nitrogens with two attached hydrogens (primary N) is 1. The van der Waals surface area contributed by atoms with Gasteiger partial charge in [0.15, 0.2) is 0 Å². The lowest BCUT2D eigenvalue weighted by Crippen LogP contribution is -2.03. The van der Waals surface area contributed by atoms with Crippen LogP contribution in [-0.4, -0.2) is 15.0 Å². The average Bonchev–Trinajstić information content (AvgIpc) is 2.42. The molecule has 0 atom stereocenters. The Labute approximate surface area is 129 Å². The van der Waals surface area contributed by atoms with Crippen molar-refractivity contribution in [2.24, 2.45) is 0 Å². The number of fused-ring (bicyclic) bond motifs is 1. The smallest absolute Gasteiger partial charge is 0.220 e. The minimum absolute atomic E-state index is 0.244. The minimum Gasteiger partial charge on any atom is -0.368 e. The second-order valence-corrected chi connectivity index (χ2v) is 5.64. The van der Waals surface area contributed by atoms with Crippen LogP contribution in [0.3, 0.4) is 0 Å². The second kappa shape index (κ2) is 5.34. The molecule has 1 aromatic carbocycles. The minimum atomic E-state index is 0.244. The summed E-state index contributed by atoms with van der Waals surface area (Å²) in [5.41, 5.74) is 9.04. The molecule has 6 heteroatoms. The van der Waals surface area contributed by atoms with Crippen LogP contribution in [0.4, 0.5) is 5.95 Å². The SMILES string of the molecule is Nc1nc(Cc2ccc(Br)cc2)c2nc(Cl)ccc2n1. The Kier molecular flexibility index (Phi) is 3.54. The molecule has 0 unspecified atom stereocenters. The zero-order valence-electron chi connectivity index (χ0n) is 10.3. The number of pyridine rings is 1. The van der Waals surface area contributed by atoms with Gasteiger partial charge < -0.3 is 5.73 Å². The zero-order chi connectivity index (χ0) is 14.1.